The molecule has 2 N–H and O–H groups in total. The number of amides is 2. The molecule has 0 fully saturated rings. The fourth-order valence-electron chi connectivity index (χ4n) is 8.65. The van der Waals surface area contributed by atoms with Gasteiger partial charge >= 0.3 is 0 Å². The second-order valence-electron chi connectivity index (χ2n) is 16.4. The molecule has 12 nitrogen and oxygen atoms in total. The smallest absolute Gasteiger partial charge is 0.261 e. The molecule has 0 bridgehead atoms. The van der Waals surface area contributed by atoms with E-state index in [9.17, 15) is 9.59 Å². The molecule has 0 saturated heterocycles. The van der Waals surface area contributed by atoms with E-state index in [1.807, 2.05) is 82.4 Å². The van der Waals surface area contributed by atoms with Gasteiger partial charge in [0.15, 0.2) is 23.0 Å². The van der Waals surface area contributed by atoms with Crippen molar-refractivity contribution in [1.29, 1.82) is 0 Å². The molecule has 4 aliphatic rings. The van der Waals surface area contributed by atoms with Crippen LogP contribution < -0.4 is 39.4 Å². The van der Waals surface area contributed by atoms with E-state index >= 15 is 0 Å². The van der Waals surface area contributed by atoms with Gasteiger partial charge in [0.1, 0.15) is 13.2 Å². The molecule has 0 aliphatic carbocycles. The van der Waals surface area contributed by atoms with Gasteiger partial charge in [-0.05, 0) is 73.0 Å². The molecule has 0 spiro atoms. The van der Waals surface area contributed by atoms with Crippen LogP contribution in [0.5, 0.6) is 23.0 Å². The Hall–Kier alpha value is -6.21. The van der Waals surface area contributed by atoms with E-state index in [1.165, 1.54) is 5.56 Å². The van der Waals surface area contributed by atoms with Crippen LogP contribution in [-0.2, 0) is 26.1 Å². The van der Waals surface area contributed by atoms with Crippen LogP contribution in [0.3, 0.4) is 0 Å². The zero-order valence-corrected chi connectivity index (χ0v) is 35.9. The minimum absolute atomic E-state index is 0.0106. The highest BCUT2D eigenvalue weighted by Crippen LogP contribution is 2.43. The molecule has 4 aliphatic heterocycles. The molecule has 0 saturated carbocycles. The summed E-state index contributed by atoms with van der Waals surface area (Å²) >= 11 is 1.87. The third-order valence-electron chi connectivity index (χ3n) is 12.0. The normalized spacial score (nSPS) is 17.2. The maximum atomic E-state index is 14.0. The highest BCUT2D eigenvalue weighted by atomic mass is 32.2. The van der Waals surface area contributed by atoms with E-state index in [0.29, 0.717) is 69.9 Å². The Bertz CT molecular complexity index is 2540. The van der Waals surface area contributed by atoms with Crippen molar-refractivity contribution in [2.75, 3.05) is 54.0 Å². The van der Waals surface area contributed by atoms with Crippen molar-refractivity contribution in [1.82, 2.24) is 4.98 Å². The zero-order chi connectivity index (χ0) is 42.3. The maximum absolute atomic E-state index is 14.0. The van der Waals surface area contributed by atoms with E-state index in [4.69, 9.17) is 28.9 Å². The number of aliphatic imine (C=N–C) groups is 1. The van der Waals surface area contributed by atoms with Gasteiger partial charge in [-0.25, -0.2) is 0 Å². The molecule has 2 amide bonds. The van der Waals surface area contributed by atoms with Gasteiger partial charge in [0.2, 0.25) is 0 Å². The predicted octanol–water partition coefficient (Wildman–Crippen LogP) is 8.87. The summed E-state index contributed by atoms with van der Waals surface area (Å²) in [5, 5.41) is 7.11. The number of nitrogens with zero attached hydrogens (tertiary/aromatic N) is 4. The van der Waals surface area contributed by atoms with Crippen LogP contribution in [0.4, 0.5) is 28.4 Å². The topological polar surface area (TPSA) is 127 Å². The molecule has 314 valence electrons. The number of ether oxygens (including phenoxy) is 4. The van der Waals surface area contributed by atoms with Gasteiger partial charge in [-0.1, -0.05) is 50.2 Å². The minimum Gasteiger partial charge on any atom is -0.493 e. The van der Waals surface area contributed by atoms with Crippen molar-refractivity contribution >= 4 is 58.2 Å². The number of hydrogen-bond donors (Lipinski definition) is 2. The van der Waals surface area contributed by atoms with Crippen LogP contribution in [0.1, 0.15) is 69.9 Å². The van der Waals surface area contributed by atoms with Gasteiger partial charge < -0.3 is 34.5 Å². The molecule has 0 unspecified atom stereocenters. The first-order valence-electron chi connectivity index (χ1n) is 20.7. The lowest BCUT2D eigenvalue weighted by Gasteiger charge is -2.22. The zero-order valence-electron chi connectivity index (χ0n) is 35.1. The molecule has 13 heteroatoms. The highest BCUT2D eigenvalue weighted by molar-refractivity contribution is 7.99. The summed E-state index contributed by atoms with van der Waals surface area (Å²) in [6.07, 6.45) is 7.55. The van der Waals surface area contributed by atoms with E-state index in [0.717, 1.165) is 48.4 Å². The average Bonchev–Trinajstić information content (AvgIpc) is 3.77. The number of anilines is 4. The first kappa shape index (κ1) is 40.2. The average molecular weight is 839 g/mol. The Morgan fingerprint density at radius 1 is 0.787 bits per heavy atom. The van der Waals surface area contributed by atoms with Crippen molar-refractivity contribution in [3.8, 4) is 23.0 Å². The van der Waals surface area contributed by atoms with Gasteiger partial charge in [-0.15, -0.1) is 0 Å². The molecule has 61 heavy (non-hydrogen) atoms. The summed E-state index contributed by atoms with van der Waals surface area (Å²) < 4.78 is 24.6. The van der Waals surface area contributed by atoms with Crippen LogP contribution in [0, 0.1) is 0 Å². The molecule has 1 aromatic heterocycles. The van der Waals surface area contributed by atoms with Gasteiger partial charge in [-0.3, -0.25) is 24.5 Å². The van der Waals surface area contributed by atoms with Crippen molar-refractivity contribution in [3.63, 3.8) is 0 Å². The molecule has 5 heterocycles. The number of para-hydroxylation sites is 2. The Morgan fingerprint density at radius 2 is 1.41 bits per heavy atom. The largest absolute Gasteiger partial charge is 0.493 e. The summed E-state index contributed by atoms with van der Waals surface area (Å²) in [4.78, 5) is 41.4. The Kier molecular flexibility index (Phi) is 11.0. The highest BCUT2D eigenvalue weighted by Gasteiger charge is 2.38. The first-order valence-corrected chi connectivity index (χ1v) is 21.9. The molecule has 0 radical (unpaired) electrons. The molecule has 5 aromatic rings. The van der Waals surface area contributed by atoms with Gasteiger partial charge in [0.25, 0.3) is 11.8 Å². The third-order valence-corrected chi connectivity index (χ3v) is 13.3. The van der Waals surface area contributed by atoms with E-state index in [1.54, 1.807) is 32.4 Å². The lowest BCUT2D eigenvalue weighted by atomic mass is 10.1. The number of nitrogens with one attached hydrogen (secondary N) is 2. The molecular formula is C48H50N6O6S. The number of hydrogen-bond acceptors (Lipinski definition) is 11. The summed E-state index contributed by atoms with van der Waals surface area (Å²) in [6.45, 7) is 6.16. The number of methoxy groups -OCH3 is 2. The number of fused-ring (bicyclic) bond motifs is 8. The van der Waals surface area contributed by atoms with E-state index in [-0.39, 0.29) is 41.9 Å². The first-order chi connectivity index (χ1) is 29.6. The maximum Gasteiger partial charge on any atom is 0.261 e. The minimum atomic E-state index is -0.167. The summed E-state index contributed by atoms with van der Waals surface area (Å²) in [5.74, 6) is 1.63. The van der Waals surface area contributed by atoms with Crippen LogP contribution in [0.25, 0.3) is 0 Å². The number of rotatable bonds is 14. The molecule has 2 atom stereocenters. The van der Waals surface area contributed by atoms with E-state index < -0.39 is 0 Å². The second kappa shape index (κ2) is 16.7. The Balaban J connectivity index is 0.955. The van der Waals surface area contributed by atoms with Crippen molar-refractivity contribution in [2.24, 2.45) is 4.99 Å². The summed E-state index contributed by atoms with van der Waals surface area (Å²) in [7, 11) is 3.14. The number of pyridine rings is 1. The van der Waals surface area contributed by atoms with Gasteiger partial charge in [0, 0.05) is 59.7 Å². The van der Waals surface area contributed by atoms with Crippen molar-refractivity contribution in [2.45, 2.75) is 69.6 Å². The van der Waals surface area contributed by atoms with Crippen molar-refractivity contribution in [3.05, 3.63) is 119 Å². The number of benzene rings is 4. The molecule has 4 aromatic carbocycles. The van der Waals surface area contributed by atoms with Crippen molar-refractivity contribution < 1.29 is 28.5 Å². The van der Waals surface area contributed by atoms with Crippen LogP contribution in [0.15, 0.2) is 89.9 Å². The number of carbonyl (C=O) groups excluding carboxylic acids is 2. The monoisotopic (exact) mass is 838 g/mol. The third kappa shape index (κ3) is 7.94. The van der Waals surface area contributed by atoms with Gasteiger partial charge in [-0.2, -0.15) is 11.8 Å². The lowest BCUT2D eigenvalue weighted by molar-refractivity contribution is 0.0976. The number of carbonyl (C=O) groups is 2. The number of thioether (sulfide) groups is 1. The summed E-state index contributed by atoms with van der Waals surface area (Å²) in [6, 6.07) is 27.0. The van der Waals surface area contributed by atoms with Crippen LogP contribution >= 0.6 is 11.8 Å². The fourth-order valence-corrected chi connectivity index (χ4v) is 9.00. The van der Waals surface area contributed by atoms with E-state index in [2.05, 4.69) is 42.9 Å². The SMILES string of the molecule is COc1cc2c(cc1OCc1cc(NCCCC(C)(C)SC)cc(COc3cc4c(cc3OC)C(=O)N3c5ccccc5C[C@H]3CN4)n1)N=C[C@@H]1Cc3ccccc3N1C2=O. The number of aromatic nitrogens is 1. The predicted molar refractivity (Wildman–Crippen MR) is 242 cm³/mol. The summed E-state index contributed by atoms with van der Waals surface area (Å²) in [5.41, 5.74) is 8.60. The Labute approximate surface area is 360 Å². The fraction of sp³-hybridized carbons (Fsp3) is 0.333. The standard InChI is InChI=1S/C48H50N6O6S/c1-48(2,61-5)15-10-16-49-31-19-32(27-59-44-23-38-36(21-42(44)57-3)46(55)53-34(25-50-38)17-29-11-6-8-13-40(29)53)52-33(20-31)28-60-45-24-39-37(22-43(45)58-4)47(56)54-35(26-51-39)18-30-12-7-9-14-41(30)54/h6-9,11-14,19-25,34-35,51H,10,15-18,26-28H2,1-5H3,(H,49,52)/t34-,35-/m0/s1. The second-order valence-corrected chi connectivity index (χ2v) is 17.9. The van der Waals surface area contributed by atoms with Gasteiger partial charge in [0.05, 0.1) is 60.2 Å². The Morgan fingerprint density at radius 3 is 2.10 bits per heavy atom. The quantitative estimate of drug-likeness (QED) is 0.105. The van der Waals surface area contributed by atoms with Crippen LogP contribution in [-0.4, -0.2) is 73.4 Å². The molecule has 9 rings (SSSR count). The molecular weight excluding hydrogens is 789 g/mol. The van der Waals surface area contributed by atoms with Crippen LogP contribution in [0.2, 0.25) is 0 Å². The lowest BCUT2D eigenvalue weighted by Crippen LogP contribution is -2.39.